The van der Waals surface area contributed by atoms with Crippen molar-refractivity contribution in [1.29, 1.82) is 0 Å². The molecule has 0 saturated carbocycles. The predicted octanol–water partition coefficient (Wildman–Crippen LogP) is 1.81. The van der Waals surface area contributed by atoms with Crippen LogP contribution in [0.15, 0.2) is 42.5 Å². The zero-order valence-corrected chi connectivity index (χ0v) is 16.7. The molecule has 2 aliphatic rings. The average molecular weight is 420 g/mol. The minimum absolute atomic E-state index is 0.437. The highest BCUT2D eigenvalue weighted by Crippen LogP contribution is 2.37. The topological polar surface area (TPSA) is 93.4 Å². The zero-order valence-electron chi connectivity index (χ0n) is 16.0. The Labute approximate surface area is 174 Å². The van der Waals surface area contributed by atoms with Crippen molar-refractivity contribution in [3.63, 3.8) is 0 Å². The van der Waals surface area contributed by atoms with E-state index >= 15 is 0 Å². The Morgan fingerprint density at radius 1 is 1.03 bits per heavy atom. The number of ether oxygens (including phenoxy) is 1. The summed E-state index contributed by atoms with van der Waals surface area (Å²) in [4.78, 5) is 2.28. The number of nitrogens with zero attached hydrogens (tertiary/aromatic N) is 1. The molecule has 2 heterocycles. The van der Waals surface area contributed by atoms with Crippen molar-refractivity contribution >= 4 is 17.3 Å². The molecule has 2 aromatic carbocycles. The van der Waals surface area contributed by atoms with Crippen LogP contribution in [0.2, 0.25) is 5.02 Å². The Balaban J connectivity index is 1.63. The first kappa shape index (κ1) is 20.6. The minimum Gasteiger partial charge on any atom is -0.394 e. The number of aryl methyl sites for hydroxylation is 1. The molecule has 6 nitrogen and oxygen atoms in total. The second kappa shape index (κ2) is 8.60. The van der Waals surface area contributed by atoms with Crippen LogP contribution in [0.4, 0.5) is 5.69 Å². The SMILES string of the molecule is OC[C@H]1O[C@@H](c2ccc3c(c2)N(Cc2cccc(Cl)c2)CCC3)[C@H](O)[C@@H](O)[C@@H]1O. The zero-order chi connectivity index (χ0) is 20.5. The van der Waals surface area contributed by atoms with E-state index in [-0.39, 0.29) is 0 Å². The summed E-state index contributed by atoms with van der Waals surface area (Å²) in [6, 6.07) is 13.7. The molecule has 0 bridgehead atoms. The van der Waals surface area contributed by atoms with Crippen LogP contribution >= 0.6 is 11.6 Å². The number of rotatable bonds is 4. The molecule has 0 unspecified atom stereocenters. The Hall–Kier alpha value is -1.67. The lowest BCUT2D eigenvalue weighted by molar-refractivity contribution is -0.231. The molecule has 2 aliphatic heterocycles. The van der Waals surface area contributed by atoms with E-state index in [1.807, 2.05) is 42.5 Å². The Morgan fingerprint density at radius 2 is 1.86 bits per heavy atom. The smallest absolute Gasteiger partial charge is 0.113 e. The van der Waals surface area contributed by atoms with Crippen molar-refractivity contribution in [2.24, 2.45) is 0 Å². The quantitative estimate of drug-likeness (QED) is 0.604. The van der Waals surface area contributed by atoms with Gasteiger partial charge in [-0.25, -0.2) is 0 Å². The number of hydrogen-bond acceptors (Lipinski definition) is 6. The van der Waals surface area contributed by atoms with Gasteiger partial charge in [0.2, 0.25) is 0 Å². The van der Waals surface area contributed by atoms with Crippen molar-refractivity contribution in [2.75, 3.05) is 18.1 Å². The third-order valence-corrected chi connectivity index (χ3v) is 6.04. The number of benzene rings is 2. The molecule has 0 amide bonds. The molecule has 29 heavy (non-hydrogen) atoms. The van der Waals surface area contributed by atoms with Gasteiger partial charge < -0.3 is 30.1 Å². The summed E-state index contributed by atoms with van der Waals surface area (Å²) in [5.41, 5.74) is 4.10. The van der Waals surface area contributed by atoms with Gasteiger partial charge in [0.1, 0.15) is 30.5 Å². The van der Waals surface area contributed by atoms with Crippen molar-refractivity contribution < 1.29 is 25.2 Å². The van der Waals surface area contributed by atoms with Crippen LogP contribution in [0.1, 0.15) is 29.2 Å². The Morgan fingerprint density at radius 3 is 2.62 bits per heavy atom. The molecule has 1 saturated heterocycles. The standard InChI is InChI=1S/C22H26ClNO5/c23-16-5-1-3-13(9-16)11-24-8-2-4-14-6-7-15(10-17(14)24)22-21(28)20(27)19(26)18(12-25)29-22/h1,3,5-7,9-10,18-22,25-28H,2,4,8,11-12H2/t18-,19-,20+,21-,22+/m1/s1. The van der Waals surface area contributed by atoms with E-state index in [2.05, 4.69) is 4.90 Å². The molecular weight excluding hydrogens is 394 g/mol. The molecule has 7 heteroatoms. The third kappa shape index (κ3) is 4.14. The van der Waals surface area contributed by atoms with E-state index in [4.69, 9.17) is 16.3 Å². The molecule has 4 N–H and O–H groups in total. The molecule has 0 aromatic heterocycles. The maximum Gasteiger partial charge on any atom is 0.113 e. The molecule has 0 radical (unpaired) electrons. The van der Waals surface area contributed by atoms with Gasteiger partial charge in [-0.3, -0.25) is 0 Å². The van der Waals surface area contributed by atoms with Gasteiger partial charge in [-0.1, -0.05) is 35.9 Å². The number of aliphatic hydroxyl groups is 4. The maximum atomic E-state index is 10.5. The predicted molar refractivity (Wildman–Crippen MR) is 110 cm³/mol. The first-order chi connectivity index (χ1) is 14.0. The summed E-state index contributed by atoms with van der Waals surface area (Å²) in [6.45, 7) is 1.18. The van der Waals surface area contributed by atoms with Crippen LogP contribution < -0.4 is 4.90 Å². The van der Waals surface area contributed by atoms with Crippen LogP contribution in [-0.4, -0.2) is 58.0 Å². The highest BCUT2D eigenvalue weighted by molar-refractivity contribution is 6.30. The highest BCUT2D eigenvalue weighted by Gasteiger charge is 2.44. The van der Waals surface area contributed by atoms with Gasteiger partial charge in [0.25, 0.3) is 0 Å². The summed E-state index contributed by atoms with van der Waals surface area (Å²) in [6.07, 6.45) is -3.75. The monoisotopic (exact) mass is 419 g/mol. The van der Waals surface area contributed by atoms with Gasteiger partial charge in [-0.15, -0.1) is 0 Å². The number of hydrogen-bond donors (Lipinski definition) is 4. The summed E-state index contributed by atoms with van der Waals surface area (Å²) >= 11 is 6.13. The van der Waals surface area contributed by atoms with Crippen LogP contribution in [-0.2, 0) is 17.7 Å². The number of fused-ring (bicyclic) bond motifs is 1. The fourth-order valence-electron chi connectivity index (χ4n) is 4.24. The third-order valence-electron chi connectivity index (χ3n) is 5.81. The first-order valence-corrected chi connectivity index (χ1v) is 10.3. The fraction of sp³-hybridized carbons (Fsp3) is 0.455. The summed E-state index contributed by atoms with van der Waals surface area (Å²) in [5, 5.41) is 40.8. The number of halogens is 1. The van der Waals surface area contributed by atoms with Crippen LogP contribution in [0, 0.1) is 0 Å². The van der Waals surface area contributed by atoms with E-state index in [1.165, 1.54) is 5.56 Å². The number of aliphatic hydroxyl groups excluding tert-OH is 4. The van der Waals surface area contributed by atoms with E-state index in [0.717, 1.165) is 30.6 Å². The fourth-order valence-corrected chi connectivity index (χ4v) is 4.45. The second-order valence-electron chi connectivity index (χ2n) is 7.79. The molecule has 156 valence electrons. The lowest BCUT2D eigenvalue weighted by atomic mass is 9.89. The van der Waals surface area contributed by atoms with Crippen molar-refractivity contribution in [2.45, 2.75) is 49.9 Å². The summed E-state index contributed by atoms with van der Waals surface area (Å²) in [7, 11) is 0. The lowest BCUT2D eigenvalue weighted by Gasteiger charge is -2.41. The van der Waals surface area contributed by atoms with E-state index in [9.17, 15) is 20.4 Å². The molecule has 5 atom stereocenters. The molecule has 2 aromatic rings. The van der Waals surface area contributed by atoms with Crippen LogP contribution in [0.3, 0.4) is 0 Å². The summed E-state index contributed by atoms with van der Waals surface area (Å²) < 4.78 is 5.73. The van der Waals surface area contributed by atoms with E-state index in [0.29, 0.717) is 17.1 Å². The van der Waals surface area contributed by atoms with Crippen LogP contribution in [0.25, 0.3) is 0 Å². The van der Waals surface area contributed by atoms with Gasteiger partial charge in [-0.2, -0.15) is 0 Å². The van der Waals surface area contributed by atoms with E-state index < -0.39 is 37.1 Å². The van der Waals surface area contributed by atoms with Gasteiger partial charge in [-0.05, 0) is 47.7 Å². The van der Waals surface area contributed by atoms with Gasteiger partial charge in [0.05, 0.1) is 6.61 Å². The minimum atomic E-state index is -1.38. The molecule has 0 aliphatic carbocycles. The van der Waals surface area contributed by atoms with Crippen molar-refractivity contribution in [3.8, 4) is 0 Å². The largest absolute Gasteiger partial charge is 0.394 e. The molecular formula is C22H26ClNO5. The lowest BCUT2D eigenvalue weighted by Crippen LogP contribution is -2.55. The molecule has 1 fully saturated rings. The average Bonchev–Trinajstić information content (AvgIpc) is 2.72. The molecule has 4 rings (SSSR count). The maximum absolute atomic E-state index is 10.5. The van der Waals surface area contributed by atoms with Crippen LogP contribution in [0.5, 0.6) is 0 Å². The van der Waals surface area contributed by atoms with Gasteiger partial charge in [0, 0.05) is 23.8 Å². The van der Waals surface area contributed by atoms with Gasteiger partial charge >= 0.3 is 0 Å². The summed E-state index contributed by atoms with van der Waals surface area (Å²) in [5.74, 6) is 0. The van der Waals surface area contributed by atoms with Crippen molar-refractivity contribution in [1.82, 2.24) is 0 Å². The van der Waals surface area contributed by atoms with Gasteiger partial charge in [0.15, 0.2) is 0 Å². The Bertz CT molecular complexity index is 861. The second-order valence-corrected chi connectivity index (χ2v) is 8.23. The van der Waals surface area contributed by atoms with Crippen molar-refractivity contribution in [3.05, 3.63) is 64.2 Å². The molecule has 0 spiro atoms. The first-order valence-electron chi connectivity index (χ1n) is 9.90. The highest BCUT2D eigenvalue weighted by atomic mass is 35.5. The van der Waals surface area contributed by atoms with E-state index in [1.54, 1.807) is 0 Å². The normalized spacial score (nSPS) is 29.6. The number of anilines is 1. The Kier molecular flexibility index (Phi) is 6.11.